The fourth-order valence-corrected chi connectivity index (χ4v) is 3.74. The molecular weight excluding hydrogens is 444 g/mol. The second-order valence-electron chi connectivity index (χ2n) is 7.76. The first-order chi connectivity index (χ1) is 14.9. The molecule has 0 amide bonds. The van der Waals surface area contributed by atoms with Crippen LogP contribution < -0.4 is 9.64 Å². The maximum atomic E-state index is 14.6. The molecule has 9 heteroatoms. The summed E-state index contributed by atoms with van der Waals surface area (Å²) in [7, 11) is 0. The van der Waals surface area contributed by atoms with Gasteiger partial charge in [-0.25, -0.2) is 9.38 Å². The SMILES string of the molecule is C=C1C(Sc2ccc(OC(F)(F)F)cc2)=NC=CN1c1ccc(CCC(C)(C)O)c(F)c1. The van der Waals surface area contributed by atoms with E-state index in [1.54, 1.807) is 37.1 Å². The molecule has 0 aliphatic carbocycles. The lowest BCUT2D eigenvalue weighted by atomic mass is 9.98. The van der Waals surface area contributed by atoms with Gasteiger partial charge in [-0.2, -0.15) is 0 Å². The number of aliphatic hydroxyl groups is 1. The van der Waals surface area contributed by atoms with Crippen LogP contribution in [0.4, 0.5) is 23.2 Å². The summed E-state index contributed by atoms with van der Waals surface area (Å²) < 4.78 is 55.4. The Morgan fingerprint density at radius 1 is 1.12 bits per heavy atom. The Morgan fingerprint density at radius 3 is 2.41 bits per heavy atom. The minimum atomic E-state index is -4.75. The number of ether oxygens (including phenoxy) is 1. The summed E-state index contributed by atoms with van der Waals surface area (Å²) in [5.74, 6) is -0.696. The van der Waals surface area contributed by atoms with Crippen LogP contribution in [-0.2, 0) is 6.42 Å². The molecule has 0 bridgehead atoms. The number of rotatable bonds is 6. The third kappa shape index (κ3) is 6.61. The van der Waals surface area contributed by atoms with Crippen LogP contribution in [0, 0.1) is 5.82 Å². The zero-order valence-electron chi connectivity index (χ0n) is 17.5. The predicted octanol–water partition coefficient (Wildman–Crippen LogP) is 6.42. The van der Waals surface area contributed by atoms with Crippen molar-refractivity contribution in [3.05, 3.63) is 78.5 Å². The maximum Gasteiger partial charge on any atom is 0.573 e. The molecule has 1 N–H and O–H groups in total. The van der Waals surface area contributed by atoms with Gasteiger partial charge in [-0.15, -0.1) is 13.2 Å². The highest BCUT2D eigenvalue weighted by atomic mass is 32.2. The quantitative estimate of drug-likeness (QED) is 0.499. The molecule has 0 atom stereocenters. The third-order valence-corrected chi connectivity index (χ3v) is 5.58. The molecule has 0 spiro atoms. The third-order valence-electron chi connectivity index (χ3n) is 4.54. The van der Waals surface area contributed by atoms with E-state index in [-0.39, 0.29) is 11.6 Å². The van der Waals surface area contributed by atoms with Gasteiger partial charge in [0.15, 0.2) is 0 Å². The number of hydrogen-bond donors (Lipinski definition) is 1. The van der Waals surface area contributed by atoms with E-state index in [9.17, 15) is 22.7 Å². The van der Waals surface area contributed by atoms with Crippen molar-refractivity contribution < 1.29 is 27.4 Å². The monoisotopic (exact) mass is 466 g/mol. The molecule has 4 nitrogen and oxygen atoms in total. The van der Waals surface area contributed by atoms with Gasteiger partial charge >= 0.3 is 6.36 Å². The Hall–Kier alpha value is -2.78. The van der Waals surface area contributed by atoms with Gasteiger partial charge in [0, 0.05) is 23.0 Å². The summed E-state index contributed by atoms with van der Waals surface area (Å²) in [6.45, 7) is 7.39. The largest absolute Gasteiger partial charge is 0.573 e. The van der Waals surface area contributed by atoms with Crippen LogP contribution in [0.2, 0.25) is 0 Å². The Kier molecular flexibility index (Phi) is 7.00. The van der Waals surface area contributed by atoms with Gasteiger partial charge in [0.2, 0.25) is 0 Å². The van der Waals surface area contributed by atoms with Crippen LogP contribution in [0.3, 0.4) is 0 Å². The molecule has 2 aromatic carbocycles. The molecule has 170 valence electrons. The molecule has 0 saturated carbocycles. The van der Waals surface area contributed by atoms with Gasteiger partial charge < -0.3 is 14.7 Å². The summed E-state index contributed by atoms with van der Waals surface area (Å²) >= 11 is 1.22. The number of aryl methyl sites for hydroxylation is 1. The highest BCUT2D eigenvalue weighted by molar-refractivity contribution is 8.14. The summed E-state index contributed by atoms with van der Waals surface area (Å²) in [6.07, 6.45) is -0.722. The average Bonchev–Trinajstić information content (AvgIpc) is 2.68. The maximum absolute atomic E-state index is 14.6. The van der Waals surface area contributed by atoms with Crippen LogP contribution in [0.25, 0.3) is 0 Å². The zero-order valence-corrected chi connectivity index (χ0v) is 18.3. The Balaban J connectivity index is 1.69. The van der Waals surface area contributed by atoms with E-state index < -0.39 is 12.0 Å². The van der Waals surface area contributed by atoms with Crippen molar-refractivity contribution in [2.24, 2.45) is 4.99 Å². The predicted molar refractivity (Wildman–Crippen MR) is 118 cm³/mol. The fourth-order valence-electron chi connectivity index (χ4n) is 2.91. The van der Waals surface area contributed by atoms with Gasteiger partial charge in [0.05, 0.1) is 11.3 Å². The molecule has 0 saturated heterocycles. The minimum Gasteiger partial charge on any atom is -0.406 e. The van der Waals surface area contributed by atoms with Crippen molar-refractivity contribution in [3.63, 3.8) is 0 Å². The second-order valence-corrected chi connectivity index (χ2v) is 8.82. The second kappa shape index (κ2) is 9.38. The van der Waals surface area contributed by atoms with Crippen molar-refractivity contribution in [1.82, 2.24) is 0 Å². The van der Waals surface area contributed by atoms with Gasteiger partial charge in [-0.05, 0) is 68.7 Å². The molecule has 0 aromatic heterocycles. The number of anilines is 1. The Labute approximate surface area is 187 Å². The van der Waals surface area contributed by atoms with Crippen molar-refractivity contribution in [2.75, 3.05) is 4.90 Å². The molecule has 0 fully saturated rings. The van der Waals surface area contributed by atoms with Crippen LogP contribution in [0.5, 0.6) is 5.75 Å². The lowest BCUT2D eigenvalue weighted by Gasteiger charge is -2.26. The highest BCUT2D eigenvalue weighted by Gasteiger charge is 2.31. The van der Waals surface area contributed by atoms with E-state index in [1.807, 2.05) is 0 Å². The van der Waals surface area contributed by atoms with Gasteiger partial charge in [-0.1, -0.05) is 24.4 Å². The number of halogens is 4. The number of hydrogen-bond acceptors (Lipinski definition) is 5. The summed E-state index contributed by atoms with van der Waals surface area (Å²) in [5, 5.41) is 10.4. The number of benzene rings is 2. The van der Waals surface area contributed by atoms with Crippen molar-refractivity contribution in [3.8, 4) is 5.75 Å². The van der Waals surface area contributed by atoms with Gasteiger partial charge in [-0.3, -0.25) is 0 Å². The lowest BCUT2D eigenvalue weighted by Crippen LogP contribution is -2.22. The van der Waals surface area contributed by atoms with E-state index in [4.69, 9.17) is 0 Å². The normalized spacial score (nSPS) is 14.5. The number of aliphatic imine (C=N–C) groups is 1. The van der Waals surface area contributed by atoms with Crippen LogP contribution in [0.15, 0.2) is 77.0 Å². The molecule has 3 rings (SSSR count). The summed E-state index contributed by atoms with van der Waals surface area (Å²) in [6, 6.07) is 10.2. The smallest absolute Gasteiger partial charge is 0.406 e. The van der Waals surface area contributed by atoms with E-state index in [0.717, 1.165) is 0 Å². The first-order valence-corrected chi connectivity index (χ1v) is 10.5. The Bertz CT molecular complexity index is 1040. The molecule has 1 aliphatic heterocycles. The van der Waals surface area contributed by atoms with Crippen LogP contribution in [-0.4, -0.2) is 22.1 Å². The van der Waals surface area contributed by atoms with Crippen molar-refractivity contribution >= 4 is 22.5 Å². The molecule has 1 heterocycles. The molecule has 0 unspecified atom stereocenters. The number of nitrogens with zero attached hydrogens (tertiary/aromatic N) is 2. The van der Waals surface area contributed by atoms with E-state index in [0.29, 0.717) is 39.7 Å². The van der Waals surface area contributed by atoms with E-state index in [1.165, 1.54) is 48.3 Å². The molecule has 0 radical (unpaired) electrons. The fraction of sp³-hybridized carbons (Fsp3) is 0.261. The molecular formula is C23H22F4N2O2S. The average molecular weight is 467 g/mol. The number of thioether (sulfide) groups is 1. The summed E-state index contributed by atoms with van der Waals surface area (Å²) in [4.78, 5) is 6.61. The first-order valence-electron chi connectivity index (χ1n) is 9.69. The lowest BCUT2D eigenvalue weighted by molar-refractivity contribution is -0.274. The zero-order chi connectivity index (χ0) is 23.5. The molecule has 1 aliphatic rings. The van der Waals surface area contributed by atoms with Gasteiger partial charge in [0.1, 0.15) is 16.6 Å². The Morgan fingerprint density at radius 2 is 1.81 bits per heavy atom. The van der Waals surface area contributed by atoms with Crippen LogP contribution in [0.1, 0.15) is 25.8 Å². The summed E-state index contributed by atoms with van der Waals surface area (Å²) in [5.41, 5.74) is 0.677. The molecule has 2 aromatic rings. The minimum absolute atomic E-state index is 0.312. The molecule has 32 heavy (non-hydrogen) atoms. The number of alkyl halides is 3. The van der Waals surface area contributed by atoms with Crippen molar-refractivity contribution in [1.29, 1.82) is 0 Å². The van der Waals surface area contributed by atoms with Gasteiger partial charge in [0.25, 0.3) is 0 Å². The van der Waals surface area contributed by atoms with E-state index >= 15 is 0 Å². The van der Waals surface area contributed by atoms with Crippen LogP contribution >= 0.6 is 11.8 Å². The van der Waals surface area contributed by atoms with Crippen molar-refractivity contribution in [2.45, 2.75) is 43.5 Å². The van der Waals surface area contributed by atoms with E-state index in [2.05, 4.69) is 16.3 Å². The first kappa shape index (κ1) is 23.9. The standard InChI is InChI=1S/C23H22F4N2O2S/c1-15-21(32-19-8-6-18(7-9-19)31-23(25,26)27)28-12-13-29(15)17-5-4-16(20(24)14-17)10-11-22(2,3)30/h4-9,12-14,30H,1,10-11H2,2-3H3. The highest BCUT2D eigenvalue weighted by Crippen LogP contribution is 2.33. The topological polar surface area (TPSA) is 45.1 Å².